The highest BCUT2D eigenvalue weighted by molar-refractivity contribution is 5.92. The van der Waals surface area contributed by atoms with E-state index in [1.807, 2.05) is 11.8 Å². The van der Waals surface area contributed by atoms with E-state index in [2.05, 4.69) is 14.9 Å². The number of hydrogen-bond acceptors (Lipinski definition) is 5. The largest absolute Gasteiger partial charge is 0.342 e. The summed E-state index contributed by atoms with van der Waals surface area (Å²) in [6.07, 6.45) is 7.84. The van der Waals surface area contributed by atoms with Crippen LogP contribution in [0.5, 0.6) is 0 Å². The average molecular weight is 345 g/mol. The van der Waals surface area contributed by atoms with Crippen molar-refractivity contribution >= 4 is 11.8 Å². The molecule has 7 nitrogen and oxygen atoms in total. The summed E-state index contributed by atoms with van der Waals surface area (Å²) in [4.78, 5) is 39.2. The van der Waals surface area contributed by atoms with E-state index in [4.69, 9.17) is 0 Å². The monoisotopic (exact) mass is 345 g/mol. The van der Waals surface area contributed by atoms with E-state index in [9.17, 15) is 9.59 Å². The minimum atomic E-state index is -0.0778. The van der Waals surface area contributed by atoms with Gasteiger partial charge in [-0.15, -0.1) is 0 Å². The van der Waals surface area contributed by atoms with E-state index in [1.54, 1.807) is 11.1 Å². The van der Waals surface area contributed by atoms with Crippen molar-refractivity contribution in [1.82, 2.24) is 24.7 Å². The molecule has 0 unspecified atom stereocenters. The summed E-state index contributed by atoms with van der Waals surface area (Å²) in [7, 11) is 0. The van der Waals surface area contributed by atoms with Crippen LogP contribution in [0.1, 0.15) is 41.9 Å². The number of nitrogens with zero attached hydrogens (tertiary/aromatic N) is 5. The van der Waals surface area contributed by atoms with Gasteiger partial charge in [-0.05, 0) is 19.8 Å². The van der Waals surface area contributed by atoms with Crippen molar-refractivity contribution in [2.75, 3.05) is 45.8 Å². The second-order valence-electron chi connectivity index (χ2n) is 6.91. The zero-order valence-electron chi connectivity index (χ0n) is 15.0. The standard InChI is InChI=1S/C18H27N5O2/c1-15-12-20-16(13-19-15)18(25)23-10-8-21(9-11-23)14-17(24)22-6-4-2-3-5-7-22/h12-13H,2-11,14H2,1H3. The van der Waals surface area contributed by atoms with Gasteiger partial charge in [0.15, 0.2) is 0 Å². The topological polar surface area (TPSA) is 69.6 Å². The third-order valence-corrected chi connectivity index (χ3v) is 4.98. The van der Waals surface area contributed by atoms with E-state index in [1.165, 1.54) is 19.0 Å². The molecule has 2 saturated heterocycles. The molecule has 3 rings (SSSR count). The lowest BCUT2D eigenvalue weighted by Crippen LogP contribution is -2.51. The van der Waals surface area contributed by atoms with Crippen molar-refractivity contribution in [2.45, 2.75) is 32.6 Å². The first-order valence-corrected chi connectivity index (χ1v) is 9.21. The van der Waals surface area contributed by atoms with E-state index in [0.717, 1.165) is 44.7 Å². The fourth-order valence-electron chi connectivity index (χ4n) is 3.39. The maximum absolute atomic E-state index is 12.5. The van der Waals surface area contributed by atoms with Crippen LogP contribution in [0.15, 0.2) is 12.4 Å². The zero-order chi connectivity index (χ0) is 17.6. The highest BCUT2D eigenvalue weighted by Crippen LogP contribution is 2.11. The smallest absolute Gasteiger partial charge is 0.274 e. The molecule has 0 aliphatic carbocycles. The number of hydrogen-bond donors (Lipinski definition) is 0. The summed E-state index contributed by atoms with van der Waals surface area (Å²) in [5.74, 6) is 0.150. The van der Waals surface area contributed by atoms with Crippen molar-refractivity contribution in [2.24, 2.45) is 0 Å². The molecule has 0 N–H and O–H groups in total. The summed E-state index contributed by atoms with van der Waals surface area (Å²) in [5, 5.41) is 0. The summed E-state index contributed by atoms with van der Waals surface area (Å²) < 4.78 is 0. The number of carbonyl (C=O) groups is 2. The lowest BCUT2D eigenvalue weighted by molar-refractivity contribution is -0.132. The highest BCUT2D eigenvalue weighted by atomic mass is 16.2. The predicted molar refractivity (Wildman–Crippen MR) is 94.2 cm³/mol. The van der Waals surface area contributed by atoms with Gasteiger partial charge >= 0.3 is 0 Å². The Labute approximate surface area is 149 Å². The number of aryl methyl sites for hydroxylation is 1. The normalized spacial score (nSPS) is 19.6. The molecule has 3 heterocycles. The van der Waals surface area contributed by atoms with Gasteiger partial charge in [0.1, 0.15) is 5.69 Å². The van der Waals surface area contributed by atoms with E-state index in [-0.39, 0.29) is 11.8 Å². The molecule has 2 aliphatic heterocycles. The van der Waals surface area contributed by atoms with E-state index >= 15 is 0 Å². The molecule has 0 atom stereocenters. The average Bonchev–Trinajstić information content (AvgIpc) is 2.92. The molecule has 25 heavy (non-hydrogen) atoms. The molecule has 0 aromatic carbocycles. The Kier molecular flexibility index (Phi) is 5.96. The zero-order valence-corrected chi connectivity index (χ0v) is 15.0. The maximum Gasteiger partial charge on any atom is 0.274 e. The molecule has 1 aromatic rings. The molecule has 2 fully saturated rings. The first-order chi connectivity index (χ1) is 12.1. The molecule has 7 heteroatoms. The minimum absolute atomic E-state index is 0.0778. The van der Waals surface area contributed by atoms with E-state index in [0.29, 0.717) is 25.3 Å². The van der Waals surface area contributed by atoms with Crippen molar-refractivity contribution in [1.29, 1.82) is 0 Å². The van der Waals surface area contributed by atoms with Gasteiger partial charge in [0, 0.05) is 45.5 Å². The van der Waals surface area contributed by atoms with Crippen molar-refractivity contribution in [3.63, 3.8) is 0 Å². The second kappa shape index (κ2) is 8.38. The van der Waals surface area contributed by atoms with Crippen molar-refractivity contribution < 1.29 is 9.59 Å². The lowest BCUT2D eigenvalue weighted by atomic mass is 10.2. The van der Waals surface area contributed by atoms with Gasteiger partial charge in [-0.2, -0.15) is 0 Å². The molecular formula is C18H27N5O2. The van der Waals surface area contributed by atoms with Crippen LogP contribution in [0, 0.1) is 6.92 Å². The number of rotatable bonds is 3. The Morgan fingerprint density at radius 1 is 0.880 bits per heavy atom. The summed E-state index contributed by atoms with van der Waals surface area (Å²) in [5.41, 5.74) is 1.19. The van der Waals surface area contributed by atoms with Gasteiger partial charge in [0.2, 0.25) is 5.91 Å². The van der Waals surface area contributed by atoms with Gasteiger partial charge in [-0.1, -0.05) is 12.8 Å². The first kappa shape index (κ1) is 17.8. The fraction of sp³-hybridized carbons (Fsp3) is 0.667. The van der Waals surface area contributed by atoms with Crippen LogP contribution in [0.2, 0.25) is 0 Å². The number of carbonyl (C=O) groups excluding carboxylic acids is 2. The molecule has 0 bridgehead atoms. The van der Waals surface area contributed by atoms with Crippen molar-refractivity contribution in [3.8, 4) is 0 Å². The van der Waals surface area contributed by atoms with Crippen LogP contribution in [-0.2, 0) is 4.79 Å². The Morgan fingerprint density at radius 3 is 2.16 bits per heavy atom. The quantitative estimate of drug-likeness (QED) is 0.816. The number of aromatic nitrogens is 2. The Bertz CT molecular complexity index is 588. The Balaban J connectivity index is 1.47. The number of amides is 2. The lowest BCUT2D eigenvalue weighted by Gasteiger charge is -2.35. The fourth-order valence-corrected chi connectivity index (χ4v) is 3.39. The molecule has 1 aromatic heterocycles. The van der Waals surface area contributed by atoms with Gasteiger partial charge in [-0.25, -0.2) is 4.98 Å². The third kappa shape index (κ3) is 4.75. The summed E-state index contributed by atoms with van der Waals surface area (Å²) >= 11 is 0. The van der Waals surface area contributed by atoms with Gasteiger partial charge in [-0.3, -0.25) is 19.5 Å². The Morgan fingerprint density at radius 2 is 1.56 bits per heavy atom. The Hall–Kier alpha value is -2.02. The first-order valence-electron chi connectivity index (χ1n) is 9.21. The molecule has 0 radical (unpaired) electrons. The van der Waals surface area contributed by atoms with Crippen LogP contribution in [-0.4, -0.2) is 82.3 Å². The van der Waals surface area contributed by atoms with E-state index < -0.39 is 0 Å². The molecule has 2 aliphatic rings. The molecular weight excluding hydrogens is 318 g/mol. The molecule has 136 valence electrons. The van der Waals surface area contributed by atoms with Crippen LogP contribution in [0.3, 0.4) is 0 Å². The van der Waals surface area contributed by atoms with Gasteiger partial charge < -0.3 is 9.80 Å². The molecule has 0 saturated carbocycles. The molecule has 2 amide bonds. The highest BCUT2D eigenvalue weighted by Gasteiger charge is 2.25. The van der Waals surface area contributed by atoms with Gasteiger partial charge in [0.05, 0.1) is 18.4 Å². The van der Waals surface area contributed by atoms with Crippen LogP contribution < -0.4 is 0 Å². The molecule has 0 spiro atoms. The van der Waals surface area contributed by atoms with Crippen molar-refractivity contribution in [3.05, 3.63) is 23.8 Å². The second-order valence-corrected chi connectivity index (χ2v) is 6.91. The maximum atomic E-state index is 12.5. The predicted octanol–water partition coefficient (Wildman–Crippen LogP) is 0.945. The van der Waals surface area contributed by atoms with Crippen LogP contribution in [0.4, 0.5) is 0 Å². The van der Waals surface area contributed by atoms with Crippen LogP contribution in [0.25, 0.3) is 0 Å². The number of likely N-dealkylation sites (tertiary alicyclic amines) is 1. The summed E-state index contributed by atoms with van der Waals surface area (Å²) in [6.45, 7) is 6.80. The third-order valence-electron chi connectivity index (χ3n) is 4.98. The minimum Gasteiger partial charge on any atom is -0.342 e. The summed E-state index contributed by atoms with van der Waals surface area (Å²) in [6, 6.07) is 0. The van der Waals surface area contributed by atoms with Gasteiger partial charge in [0.25, 0.3) is 5.91 Å². The SMILES string of the molecule is Cc1cnc(C(=O)N2CCN(CC(=O)N3CCCCCC3)CC2)cn1. The number of piperazine rings is 1. The van der Waals surface area contributed by atoms with Crippen LogP contribution >= 0.6 is 0 Å².